The second-order valence-corrected chi connectivity index (χ2v) is 10.3. The zero-order chi connectivity index (χ0) is 25.7. The van der Waals surface area contributed by atoms with E-state index in [0.717, 1.165) is 17.5 Å². The number of carbonyl (C=O) groups excluding carboxylic acids is 2. The second-order valence-electron chi connectivity index (χ2n) is 9.42. The number of nitrogens with zero attached hydrogens (tertiary/aromatic N) is 2. The average Bonchev–Trinajstić information content (AvgIpc) is 2.79. The lowest BCUT2D eigenvalue weighted by molar-refractivity contribution is -0.136. The van der Waals surface area contributed by atoms with Crippen LogP contribution >= 0.6 is 23.2 Å². The number of rotatable bonds is 8. The summed E-state index contributed by atoms with van der Waals surface area (Å²) in [7, 11) is 0. The maximum Gasteiger partial charge on any atom is 0.245 e. The van der Waals surface area contributed by atoms with Crippen LogP contribution in [0.15, 0.2) is 36.4 Å². The van der Waals surface area contributed by atoms with E-state index in [1.165, 1.54) is 13.0 Å². The number of para-hydroxylation sites is 1. The molecule has 0 radical (unpaired) electrons. The number of anilines is 1. The molecule has 0 bridgehead atoms. The van der Waals surface area contributed by atoms with Gasteiger partial charge in [0.1, 0.15) is 11.9 Å². The highest BCUT2D eigenvalue weighted by atomic mass is 35.5. The van der Waals surface area contributed by atoms with Gasteiger partial charge in [0.25, 0.3) is 0 Å². The predicted molar refractivity (Wildman–Crippen MR) is 139 cm³/mol. The van der Waals surface area contributed by atoms with Crippen LogP contribution in [0, 0.1) is 11.7 Å². The molecule has 1 aliphatic rings. The molecule has 0 aliphatic carbocycles. The van der Waals surface area contributed by atoms with Crippen molar-refractivity contribution in [3.8, 4) is 0 Å². The molecule has 0 saturated carbocycles. The van der Waals surface area contributed by atoms with E-state index >= 15 is 0 Å². The number of amides is 2. The maximum absolute atomic E-state index is 14.9. The summed E-state index contributed by atoms with van der Waals surface area (Å²) in [5, 5.41) is 3.69. The van der Waals surface area contributed by atoms with E-state index in [1.54, 1.807) is 29.2 Å². The van der Waals surface area contributed by atoms with E-state index < -0.39 is 6.04 Å². The van der Waals surface area contributed by atoms with Crippen molar-refractivity contribution in [2.45, 2.75) is 45.7 Å². The van der Waals surface area contributed by atoms with Gasteiger partial charge in [-0.05, 0) is 41.7 Å². The van der Waals surface area contributed by atoms with Gasteiger partial charge >= 0.3 is 0 Å². The third-order valence-corrected chi connectivity index (χ3v) is 6.75. The molecule has 0 unspecified atom stereocenters. The Hall–Kier alpha value is -2.35. The van der Waals surface area contributed by atoms with Gasteiger partial charge in [0.2, 0.25) is 11.8 Å². The van der Waals surface area contributed by atoms with Gasteiger partial charge in [-0.3, -0.25) is 9.59 Å². The molecule has 2 amide bonds. The Labute approximate surface area is 216 Å². The quantitative estimate of drug-likeness (QED) is 0.531. The highest BCUT2D eigenvalue weighted by Gasteiger charge is 2.30. The van der Waals surface area contributed by atoms with E-state index in [-0.39, 0.29) is 30.1 Å². The SMILES string of the molecule is CC(=O)N[C@H](Cc1ccc(Cl)cc1Cl)C(=O)N1CCN(c2c(F)cccc2[C@H](N)CC(C)C)CC1. The summed E-state index contributed by atoms with van der Waals surface area (Å²) in [5.41, 5.74) is 8.43. The fourth-order valence-corrected chi connectivity index (χ4v) is 5.01. The summed E-state index contributed by atoms with van der Waals surface area (Å²) in [6.45, 7) is 7.28. The molecule has 1 fully saturated rings. The van der Waals surface area contributed by atoms with Gasteiger partial charge < -0.3 is 20.9 Å². The van der Waals surface area contributed by atoms with Crippen molar-refractivity contribution in [2.24, 2.45) is 11.7 Å². The fraction of sp³-hybridized carbons (Fsp3) is 0.462. The van der Waals surface area contributed by atoms with Gasteiger partial charge in [-0.15, -0.1) is 0 Å². The van der Waals surface area contributed by atoms with Gasteiger partial charge in [-0.2, -0.15) is 0 Å². The standard InChI is InChI=1S/C26H33Cl2FN4O2/c1-16(2)13-23(30)20-5-4-6-22(29)25(20)32-9-11-33(12-10-32)26(35)24(31-17(3)34)14-18-7-8-19(27)15-21(18)28/h4-8,15-16,23-24H,9-14,30H2,1-3H3,(H,31,34)/t23-,24-/m1/s1. The highest BCUT2D eigenvalue weighted by Crippen LogP contribution is 2.32. The topological polar surface area (TPSA) is 78.7 Å². The normalized spacial score (nSPS) is 15.8. The highest BCUT2D eigenvalue weighted by molar-refractivity contribution is 6.35. The molecular weight excluding hydrogens is 490 g/mol. The Morgan fingerprint density at radius 1 is 1.11 bits per heavy atom. The molecule has 2 atom stereocenters. The van der Waals surface area contributed by atoms with Gasteiger partial charge in [0.15, 0.2) is 0 Å². The predicted octanol–water partition coefficient (Wildman–Crippen LogP) is 4.57. The van der Waals surface area contributed by atoms with E-state index in [1.807, 2.05) is 11.0 Å². The minimum Gasteiger partial charge on any atom is -0.365 e. The van der Waals surface area contributed by atoms with Crippen LogP contribution in [0.3, 0.4) is 0 Å². The second kappa shape index (κ2) is 12.1. The summed E-state index contributed by atoms with van der Waals surface area (Å²) in [6.07, 6.45) is 0.997. The summed E-state index contributed by atoms with van der Waals surface area (Å²) in [6, 6.07) is 9.05. The number of piperazine rings is 1. The molecule has 2 aromatic carbocycles. The molecule has 0 spiro atoms. The molecule has 1 saturated heterocycles. The smallest absolute Gasteiger partial charge is 0.245 e. The van der Waals surface area contributed by atoms with Crippen LogP contribution in [0.4, 0.5) is 10.1 Å². The Morgan fingerprint density at radius 2 is 1.80 bits per heavy atom. The van der Waals surface area contributed by atoms with Crippen LogP contribution in [0.1, 0.15) is 44.4 Å². The molecule has 1 aliphatic heterocycles. The van der Waals surface area contributed by atoms with Crippen molar-refractivity contribution >= 4 is 40.7 Å². The molecular formula is C26H33Cl2FN4O2. The number of carbonyl (C=O) groups is 2. The molecule has 35 heavy (non-hydrogen) atoms. The first-order valence-corrected chi connectivity index (χ1v) is 12.6. The van der Waals surface area contributed by atoms with E-state index in [2.05, 4.69) is 19.2 Å². The lowest BCUT2D eigenvalue weighted by Crippen LogP contribution is -2.55. The first-order valence-electron chi connectivity index (χ1n) is 11.9. The molecule has 6 nitrogen and oxygen atoms in total. The molecule has 3 rings (SSSR count). The van der Waals surface area contributed by atoms with Crippen LogP contribution in [0.2, 0.25) is 10.0 Å². The maximum atomic E-state index is 14.9. The summed E-state index contributed by atoms with van der Waals surface area (Å²) in [5.74, 6) is -0.427. The molecule has 9 heteroatoms. The minimum atomic E-state index is -0.763. The third kappa shape index (κ3) is 7.09. The summed E-state index contributed by atoms with van der Waals surface area (Å²) < 4.78 is 14.9. The van der Waals surface area contributed by atoms with Crippen molar-refractivity contribution < 1.29 is 14.0 Å². The Kier molecular flexibility index (Phi) is 9.39. The Balaban J connectivity index is 1.73. The fourth-order valence-electron chi connectivity index (χ4n) is 4.52. The molecule has 1 heterocycles. The zero-order valence-corrected chi connectivity index (χ0v) is 21.9. The molecule has 0 aromatic heterocycles. The monoisotopic (exact) mass is 522 g/mol. The summed E-state index contributed by atoms with van der Waals surface area (Å²) in [4.78, 5) is 28.8. The zero-order valence-electron chi connectivity index (χ0n) is 20.4. The summed E-state index contributed by atoms with van der Waals surface area (Å²) >= 11 is 12.3. The van der Waals surface area contributed by atoms with Crippen molar-refractivity contribution in [1.29, 1.82) is 0 Å². The van der Waals surface area contributed by atoms with E-state index in [4.69, 9.17) is 28.9 Å². The van der Waals surface area contributed by atoms with E-state index in [9.17, 15) is 14.0 Å². The number of halogens is 3. The number of nitrogens with one attached hydrogen (secondary N) is 1. The van der Waals surface area contributed by atoms with Crippen molar-refractivity contribution in [2.75, 3.05) is 31.1 Å². The number of hydrogen-bond acceptors (Lipinski definition) is 4. The van der Waals surface area contributed by atoms with Gasteiger partial charge in [0.05, 0.1) is 5.69 Å². The average molecular weight is 523 g/mol. The Morgan fingerprint density at radius 3 is 2.40 bits per heavy atom. The van der Waals surface area contributed by atoms with Crippen molar-refractivity contribution in [3.63, 3.8) is 0 Å². The number of nitrogens with two attached hydrogens (primary N) is 1. The minimum absolute atomic E-state index is 0.198. The van der Waals surface area contributed by atoms with Gasteiger partial charge in [-0.25, -0.2) is 4.39 Å². The Bertz CT molecular complexity index is 1060. The van der Waals surface area contributed by atoms with Gasteiger partial charge in [-0.1, -0.05) is 55.2 Å². The van der Waals surface area contributed by atoms with Crippen LogP contribution < -0.4 is 16.0 Å². The first kappa shape index (κ1) is 27.2. The van der Waals surface area contributed by atoms with E-state index in [0.29, 0.717) is 47.8 Å². The van der Waals surface area contributed by atoms with Crippen LogP contribution in [0.25, 0.3) is 0 Å². The van der Waals surface area contributed by atoms with Crippen LogP contribution in [-0.4, -0.2) is 48.9 Å². The van der Waals surface area contributed by atoms with Crippen LogP contribution in [0.5, 0.6) is 0 Å². The van der Waals surface area contributed by atoms with Crippen LogP contribution in [-0.2, 0) is 16.0 Å². The number of benzene rings is 2. The molecule has 190 valence electrons. The lowest BCUT2D eigenvalue weighted by Gasteiger charge is -2.39. The number of hydrogen-bond donors (Lipinski definition) is 2. The lowest BCUT2D eigenvalue weighted by atomic mass is 9.95. The largest absolute Gasteiger partial charge is 0.365 e. The van der Waals surface area contributed by atoms with Crippen molar-refractivity contribution in [1.82, 2.24) is 10.2 Å². The molecule has 2 aromatic rings. The third-order valence-electron chi connectivity index (χ3n) is 6.17. The molecule has 3 N–H and O–H groups in total. The first-order chi connectivity index (χ1) is 16.6. The van der Waals surface area contributed by atoms with Crippen molar-refractivity contribution in [3.05, 3.63) is 63.4 Å². The van der Waals surface area contributed by atoms with Gasteiger partial charge in [0, 0.05) is 55.6 Å².